The van der Waals surface area contributed by atoms with Crippen molar-refractivity contribution < 1.29 is 17.0 Å². The first-order valence-corrected chi connectivity index (χ1v) is 14.6. The Morgan fingerprint density at radius 2 is 0.844 bits per heavy atom. The molecule has 0 saturated carbocycles. The number of rotatable bonds is 2. The van der Waals surface area contributed by atoms with Crippen LogP contribution in [0.3, 0.4) is 0 Å². The standard InChI is InChI=1S/C21H25N2.2C2H6N.2ClH.Ti/c1-14-9-16(3)20(17(4)10-14)22-7-8-23(13-22)21-18(5)11-15(2)12-19(21)6;2*1-3-2;;;/h7-13H,1-6H3;2*1-2H3;2*1H;/q3*-1;;;+2/p-2. The van der Waals surface area contributed by atoms with Crippen molar-refractivity contribution in [3.8, 4) is 0 Å². The quantitative estimate of drug-likeness (QED) is 0.301. The third-order valence-corrected chi connectivity index (χ3v) is 4.42. The van der Waals surface area contributed by atoms with Crippen LogP contribution in [0.5, 0.6) is 0 Å². The SMILES string of the molecule is C[N-]C.C[N-]C.Cc1cc(C)c(N2C=CN(c3c(C)cc(C)cc3C)[CH-]2)c(C)c1.[Cl][Ti][Cl]. The van der Waals surface area contributed by atoms with E-state index in [-0.39, 0.29) is 0 Å². The van der Waals surface area contributed by atoms with E-state index in [9.17, 15) is 0 Å². The summed E-state index contributed by atoms with van der Waals surface area (Å²) < 4.78 is 0. The molecule has 0 N–H and O–H groups in total. The van der Waals surface area contributed by atoms with Gasteiger partial charge in [0.2, 0.25) is 0 Å². The Kier molecular flexibility index (Phi) is 16.1. The van der Waals surface area contributed by atoms with Crippen LogP contribution in [0.15, 0.2) is 36.7 Å². The van der Waals surface area contributed by atoms with Crippen LogP contribution in [-0.4, -0.2) is 28.2 Å². The van der Waals surface area contributed by atoms with Crippen LogP contribution in [0, 0.1) is 48.2 Å². The molecule has 1 aliphatic rings. The van der Waals surface area contributed by atoms with Crippen molar-refractivity contribution in [1.29, 1.82) is 0 Å². The van der Waals surface area contributed by atoms with Crippen molar-refractivity contribution in [3.63, 3.8) is 0 Å². The van der Waals surface area contributed by atoms with E-state index in [4.69, 9.17) is 18.6 Å². The van der Waals surface area contributed by atoms with Crippen molar-refractivity contribution in [2.75, 3.05) is 38.0 Å². The van der Waals surface area contributed by atoms with Gasteiger partial charge in [0.15, 0.2) is 0 Å². The van der Waals surface area contributed by atoms with Crippen LogP contribution in [0.25, 0.3) is 10.6 Å². The van der Waals surface area contributed by atoms with Gasteiger partial charge in [-0.15, -0.1) is 6.67 Å². The van der Waals surface area contributed by atoms with Crippen LogP contribution in [-0.2, 0) is 17.0 Å². The second-order valence-corrected chi connectivity index (χ2v) is 10.3. The molecule has 0 aromatic heterocycles. The molecule has 0 unspecified atom stereocenters. The third kappa shape index (κ3) is 9.86. The van der Waals surface area contributed by atoms with Gasteiger partial charge >= 0.3 is 35.6 Å². The Bertz CT molecular complexity index is 740. The van der Waals surface area contributed by atoms with Crippen molar-refractivity contribution in [1.82, 2.24) is 0 Å². The van der Waals surface area contributed by atoms with E-state index in [0.29, 0.717) is 0 Å². The average molecular weight is 512 g/mol. The molecule has 32 heavy (non-hydrogen) atoms. The third-order valence-electron chi connectivity index (χ3n) is 4.42. The Balaban J connectivity index is 0.000000925. The van der Waals surface area contributed by atoms with Crippen molar-refractivity contribution in [2.45, 2.75) is 41.5 Å². The average Bonchev–Trinajstić information content (AvgIpc) is 3.11. The van der Waals surface area contributed by atoms with Gasteiger partial charge in [0, 0.05) is 11.4 Å². The summed E-state index contributed by atoms with van der Waals surface area (Å²) in [7, 11) is 16.8. The summed E-state index contributed by atoms with van der Waals surface area (Å²) in [5, 5.41) is 7.00. The molecule has 1 heterocycles. The predicted octanol–water partition coefficient (Wildman–Crippen LogP) is 8.07. The topological polar surface area (TPSA) is 34.7 Å². The summed E-state index contributed by atoms with van der Waals surface area (Å²) in [5.74, 6) is 0. The van der Waals surface area contributed by atoms with E-state index in [1.165, 1.54) is 44.8 Å². The molecule has 0 amide bonds. The fraction of sp³-hybridized carbons (Fsp3) is 0.400. The van der Waals surface area contributed by atoms with Crippen LogP contribution in [0.1, 0.15) is 33.4 Å². The fourth-order valence-electron chi connectivity index (χ4n) is 3.78. The Morgan fingerprint density at radius 1 is 0.625 bits per heavy atom. The second kappa shape index (κ2) is 16.6. The van der Waals surface area contributed by atoms with Gasteiger partial charge in [-0.3, -0.25) is 0 Å². The molecule has 7 heteroatoms. The van der Waals surface area contributed by atoms with Gasteiger partial charge in [0.05, 0.1) is 0 Å². The first kappa shape index (κ1) is 31.0. The molecule has 3 rings (SSSR count). The van der Waals surface area contributed by atoms with Crippen molar-refractivity contribution in [3.05, 3.63) is 87.3 Å². The van der Waals surface area contributed by atoms with E-state index in [2.05, 4.69) is 105 Å². The zero-order chi connectivity index (χ0) is 24.8. The van der Waals surface area contributed by atoms with Crippen molar-refractivity contribution >= 4 is 30.0 Å². The number of benzene rings is 2. The summed E-state index contributed by atoms with van der Waals surface area (Å²) in [6, 6.07) is 8.98. The summed E-state index contributed by atoms with van der Waals surface area (Å²) in [5.41, 5.74) is 10.4. The first-order chi connectivity index (χ1) is 15.1. The zero-order valence-corrected chi connectivity index (χ0v) is 24.2. The number of aryl methyl sites for hydroxylation is 6. The summed E-state index contributed by atoms with van der Waals surface area (Å²) in [6.45, 7) is 15.2. The fourth-order valence-corrected chi connectivity index (χ4v) is 3.78. The minimum absolute atomic E-state index is 0.556. The number of halogens is 2. The molecule has 0 saturated heterocycles. The van der Waals surface area contributed by atoms with Gasteiger partial charge in [-0.25, -0.2) is 0 Å². The molecule has 0 spiro atoms. The molecule has 0 aliphatic carbocycles. The Hall–Kier alpha value is -1.01. The molecule has 0 radical (unpaired) electrons. The van der Waals surface area contributed by atoms with Gasteiger partial charge in [0.1, 0.15) is 0 Å². The predicted molar refractivity (Wildman–Crippen MR) is 142 cm³/mol. The van der Waals surface area contributed by atoms with Gasteiger partial charge in [-0.1, -0.05) is 35.4 Å². The van der Waals surface area contributed by atoms with E-state index < -0.39 is 17.0 Å². The summed E-state index contributed by atoms with van der Waals surface area (Å²) in [4.78, 5) is 4.45. The van der Waals surface area contributed by atoms with Gasteiger partial charge < -0.3 is 20.4 Å². The van der Waals surface area contributed by atoms with Crippen LogP contribution in [0.4, 0.5) is 11.4 Å². The van der Waals surface area contributed by atoms with E-state index in [1.807, 2.05) is 0 Å². The number of nitrogens with zero attached hydrogens (tertiary/aromatic N) is 4. The summed E-state index contributed by atoms with van der Waals surface area (Å²) >= 11 is -0.556. The van der Waals surface area contributed by atoms with Crippen LogP contribution >= 0.6 is 18.6 Å². The van der Waals surface area contributed by atoms with E-state index in [0.717, 1.165) is 0 Å². The monoisotopic (exact) mass is 511 g/mol. The molecule has 0 fully saturated rings. The molecular weight excluding hydrogens is 475 g/mol. The second-order valence-electron chi connectivity index (χ2n) is 7.69. The molecule has 0 atom stereocenters. The minimum atomic E-state index is -0.556. The molecule has 178 valence electrons. The molecular formula is C25H37Cl2N4Ti-3. The molecule has 4 nitrogen and oxygen atoms in total. The van der Waals surface area contributed by atoms with Crippen molar-refractivity contribution in [2.24, 2.45) is 0 Å². The maximum absolute atomic E-state index is 4.89. The normalized spacial score (nSPS) is 11.6. The molecule has 1 aliphatic heterocycles. The van der Waals surface area contributed by atoms with E-state index >= 15 is 0 Å². The van der Waals surface area contributed by atoms with E-state index in [1.54, 1.807) is 28.2 Å². The Morgan fingerprint density at radius 3 is 1.06 bits per heavy atom. The van der Waals surface area contributed by atoms with Gasteiger partial charge in [0.25, 0.3) is 0 Å². The molecule has 2 aromatic carbocycles. The maximum atomic E-state index is 4.89. The number of hydrogen-bond acceptors (Lipinski definition) is 2. The Labute approximate surface area is 213 Å². The number of anilines is 2. The molecule has 0 bridgehead atoms. The first-order valence-electron chi connectivity index (χ1n) is 10.3. The van der Waals surface area contributed by atoms with Crippen LogP contribution in [0.2, 0.25) is 0 Å². The molecule has 2 aromatic rings. The summed E-state index contributed by atoms with van der Waals surface area (Å²) in [6.07, 6.45) is 4.28. The van der Waals surface area contributed by atoms with Gasteiger partial charge in [-0.2, -0.15) is 28.2 Å². The van der Waals surface area contributed by atoms with Gasteiger partial charge in [-0.05, 0) is 76.2 Å². The zero-order valence-electron chi connectivity index (χ0n) is 21.1. The van der Waals surface area contributed by atoms with Crippen LogP contribution < -0.4 is 9.80 Å². The number of hydrogen-bond donors (Lipinski definition) is 0.